The Bertz CT molecular complexity index is 730. The second kappa shape index (κ2) is 10.4. The van der Waals surface area contributed by atoms with Crippen LogP contribution in [0.2, 0.25) is 0 Å². The first-order valence-electron chi connectivity index (χ1n) is 9.40. The summed E-state index contributed by atoms with van der Waals surface area (Å²) in [5, 5.41) is 0. The maximum atomic E-state index is 12.8. The summed E-state index contributed by atoms with van der Waals surface area (Å²) in [4.78, 5) is 25.6. The molecule has 0 aliphatic carbocycles. The van der Waals surface area contributed by atoms with Crippen LogP contribution in [0.25, 0.3) is 12.2 Å². The molecule has 2 aromatic rings. The number of carbonyl (C=O) groups is 2. The molecule has 0 saturated heterocycles. The molecule has 0 aliphatic heterocycles. The van der Waals surface area contributed by atoms with Crippen molar-refractivity contribution >= 4 is 23.7 Å². The van der Waals surface area contributed by atoms with Crippen molar-refractivity contribution in [3.63, 3.8) is 0 Å². The van der Waals surface area contributed by atoms with E-state index in [1.807, 2.05) is 60.7 Å². The van der Waals surface area contributed by atoms with Gasteiger partial charge in [0, 0.05) is 0 Å². The summed E-state index contributed by atoms with van der Waals surface area (Å²) in [6.07, 6.45) is 9.28. The lowest BCUT2D eigenvalue weighted by molar-refractivity contribution is -0.129. The summed E-state index contributed by atoms with van der Waals surface area (Å²) in [5.41, 5.74) is 6.63. The highest BCUT2D eigenvalue weighted by molar-refractivity contribution is 6.21. The Labute approximate surface area is 161 Å². The standard InChI is InChI=1S/C24H27NO2/c1-2-3-10-19-24(25,22(26)17-15-20-11-6-4-7-12-20)23(27)18-16-21-13-8-5-9-14-21/h4-9,11-18H,2-3,10,19,25H2,1H3. The van der Waals surface area contributed by atoms with Gasteiger partial charge in [0.1, 0.15) is 5.54 Å². The third-order valence-electron chi connectivity index (χ3n) is 4.51. The van der Waals surface area contributed by atoms with Crippen LogP contribution in [0.1, 0.15) is 43.7 Å². The van der Waals surface area contributed by atoms with Crippen LogP contribution in [0.15, 0.2) is 72.8 Å². The molecule has 0 heterocycles. The number of rotatable bonds is 10. The predicted octanol–water partition coefficient (Wildman–Crippen LogP) is 4.83. The minimum Gasteiger partial charge on any atom is -0.312 e. The molecule has 140 valence electrons. The highest BCUT2D eigenvalue weighted by Gasteiger charge is 2.37. The van der Waals surface area contributed by atoms with Gasteiger partial charge in [0.2, 0.25) is 0 Å². The van der Waals surface area contributed by atoms with Gasteiger partial charge in [0.25, 0.3) is 0 Å². The summed E-state index contributed by atoms with van der Waals surface area (Å²) in [7, 11) is 0. The van der Waals surface area contributed by atoms with Crippen molar-refractivity contribution in [3.05, 3.63) is 83.9 Å². The average molecular weight is 361 g/mol. The van der Waals surface area contributed by atoms with E-state index in [0.717, 1.165) is 30.4 Å². The topological polar surface area (TPSA) is 60.2 Å². The second-order valence-electron chi connectivity index (χ2n) is 6.64. The molecule has 0 aliphatic rings. The SMILES string of the molecule is CCCCCC(N)(C(=O)C=Cc1ccccc1)C(=O)C=Cc1ccccc1. The maximum Gasteiger partial charge on any atom is 0.183 e. The van der Waals surface area contributed by atoms with Crippen LogP contribution in [0.4, 0.5) is 0 Å². The van der Waals surface area contributed by atoms with Crippen molar-refractivity contribution in [1.29, 1.82) is 0 Å². The third-order valence-corrected chi connectivity index (χ3v) is 4.51. The first kappa shape index (κ1) is 20.5. The smallest absolute Gasteiger partial charge is 0.183 e. The molecule has 0 saturated carbocycles. The van der Waals surface area contributed by atoms with Crippen LogP contribution in [0.5, 0.6) is 0 Å². The first-order valence-corrected chi connectivity index (χ1v) is 9.40. The molecule has 2 rings (SSSR count). The highest BCUT2D eigenvalue weighted by Crippen LogP contribution is 2.18. The van der Waals surface area contributed by atoms with Gasteiger partial charge >= 0.3 is 0 Å². The quantitative estimate of drug-likeness (QED) is 0.375. The molecule has 0 aromatic heterocycles. The molecule has 0 fully saturated rings. The van der Waals surface area contributed by atoms with Crippen LogP contribution in [-0.4, -0.2) is 17.1 Å². The number of ketones is 2. The van der Waals surface area contributed by atoms with Gasteiger partial charge in [-0.2, -0.15) is 0 Å². The molecule has 3 nitrogen and oxygen atoms in total. The Morgan fingerprint density at radius 1 is 0.815 bits per heavy atom. The van der Waals surface area contributed by atoms with E-state index in [1.165, 1.54) is 12.2 Å². The van der Waals surface area contributed by atoms with Crippen LogP contribution in [0, 0.1) is 0 Å². The Morgan fingerprint density at radius 2 is 1.26 bits per heavy atom. The van der Waals surface area contributed by atoms with Crippen LogP contribution >= 0.6 is 0 Å². The summed E-state index contributed by atoms with van der Waals surface area (Å²) < 4.78 is 0. The average Bonchev–Trinajstić information content (AvgIpc) is 2.71. The van der Waals surface area contributed by atoms with Gasteiger partial charge in [0.05, 0.1) is 0 Å². The van der Waals surface area contributed by atoms with Crippen LogP contribution < -0.4 is 5.73 Å². The lowest BCUT2D eigenvalue weighted by atomic mass is 9.83. The number of carbonyl (C=O) groups excluding carboxylic acids is 2. The Kier molecular flexibility index (Phi) is 7.90. The van der Waals surface area contributed by atoms with Gasteiger partial charge in [-0.15, -0.1) is 0 Å². The Morgan fingerprint density at radius 3 is 1.67 bits per heavy atom. The van der Waals surface area contributed by atoms with E-state index >= 15 is 0 Å². The van der Waals surface area contributed by atoms with E-state index in [9.17, 15) is 9.59 Å². The Hall–Kier alpha value is -2.78. The van der Waals surface area contributed by atoms with Gasteiger partial charge in [-0.1, -0.05) is 99.0 Å². The molecular formula is C24H27NO2. The summed E-state index contributed by atoms with van der Waals surface area (Å²) in [6, 6.07) is 19.0. The normalized spacial score (nSPS) is 13.7. The zero-order chi connectivity index (χ0) is 19.5. The number of hydrogen-bond acceptors (Lipinski definition) is 3. The Balaban J connectivity index is 2.19. The third kappa shape index (κ3) is 6.15. The zero-order valence-electron chi connectivity index (χ0n) is 15.8. The molecule has 2 N–H and O–H groups in total. The van der Waals surface area contributed by atoms with Gasteiger partial charge in [-0.25, -0.2) is 0 Å². The van der Waals surface area contributed by atoms with Crippen molar-refractivity contribution in [1.82, 2.24) is 0 Å². The lowest BCUT2D eigenvalue weighted by Crippen LogP contribution is -2.53. The molecule has 27 heavy (non-hydrogen) atoms. The number of unbranched alkanes of at least 4 members (excludes halogenated alkanes) is 2. The van der Waals surface area contributed by atoms with E-state index < -0.39 is 5.54 Å². The first-order chi connectivity index (χ1) is 13.1. The van der Waals surface area contributed by atoms with E-state index in [0.29, 0.717) is 6.42 Å². The van der Waals surface area contributed by atoms with Crippen molar-refractivity contribution in [2.75, 3.05) is 0 Å². The molecule has 0 unspecified atom stereocenters. The van der Waals surface area contributed by atoms with Crippen LogP contribution in [-0.2, 0) is 9.59 Å². The van der Waals surface area contributed by atoms with Crippen LogP contribution in [0.3, 0.4) is 0 Å². The molecule has 0 amide bonds. The molecular weight excluding hydrogens is 334 g/mol. The maximum absolute atomic E-state index is 12.8. The fraction of sp³-hybridized carbons (Fsp3) is 0.250. The van der Waals surface area contributed by atoms with E-state index in [2.05, 4.69) is 6.92 Å². The van der Waals surface area contributed by atoms with Gasteiger partial charge in [0.15, 0.2) is 11.6 Å². The number of hydrogen-bond donors (Lipinski definition) is 1. The molecule has 0 bridgehead atoms. The minimum atomic E-state index is -1.52. The fourth-order valence-electron chi connectivity index (χ4n) is 2.79. The number of benzene rings is 2. The van der Waals surface area contributed by atoms with Gasteiger partial charge in [-0.3, -0.25) is 9.59 Å². The van der Waals surface area contributed by atoms with Crippen molar-refractivity contribution in [2.24, 2.45) is 5.73 Å². The largest absolute Gasteiger partial charge is 0.312 e. The summed E-state index contributed by atoms with van der Waals surface area (Å²) in [5.74, 6) is -0.713. The van der Waals surface area contributed by atoms with E-state index in [4.69, 9.17) is 5.73 Å². The lowest BCUT2D eigenvalue weighted by Gasteiger charge is -2.24. The van der Waals surface area contributed by atoms with Gasteiger partial charge in [-0.05, 0) is 29.7 Å². The summed E-state index contributed by atoms with van der Waals surface area (Å²) >= 11 is 0. The second-order valence-corrected chi connectivity index (χ2v) is 6.64. The fourth-order valence-corrected chi connectivity index (χ4v) is 2.79. The summed E-state index contributed by atoms with van der Waals surface area (Å²) in [6.45, 7) is 2.08. The molecule has 0 atom stereocenters. The van der Waals surface area contributed by atoms with E-state index in [1.54, 1.807) is 12.2 Å². The monoisotopic (exact) mass is 361 g/mol. The molecule has 0 spiro atoms. The highest BCUT2D eigenvalue weighted by atomic mass is 16.2. The zero-order valence-corrected chi connectivity index (χ0v) is 15.8. The van der Waals surface area contributed by atoms with Gasteiger partial charge < -0.3 is 5.73 Å². The van der Waals surface area contributed by atoms with E-state index in [-0.39, 0.29) is 11.6 Å². The van der Waals surface area contributed by atoms with Crippen molar-refractivity contribution in [3.8, 4) is 0 Å². The molecule has 3 heteroatoms. The molecule has 2 aromatic carbocycles. The van der Waals surface area contributed by atoms with Crippen molar-refractivity contribution < 1.29 is 9.59 Å². The number of nitrogens with two attached hydrogens (primary N) is 1. The molecule has 0 radical (unpaired) electrons. The van der Waals surface area contributed by atoms with Crippen molar-refractivity contribution in [2.45, 2.75) is 38.1 Å². The minimum absolute atomic E-state index is 0.344. The predicted molar refractivity (Wildman–Crippen MR) is 112 cm³/mol.